The van der Waals surface area contributed by atoms with Gasteiger partial charge in [-0.3, -0.25) is 14.4 Å². The number of hydrogen-bond donors (Lipinski definition) is 0. The van der Waals surface area contributed by atoms with Crippen LogP contribution in [0.1, 0.15) is 0 Å². The summed E-state index contributed by atoms with van der Waals surface area (Å²) in [4.78, 5) is 53.2. The second-order valence-electron chi connectivity index (χ2n) is 1.31. The maximum absolute atomic E-state index is 8.89. The number of carboxylic acid groups (broad SMARTS) is 3. The quantitative estimate of drug-likeness (QED) is 0.278. The molecule has 0 aliphatic heterocycles. The van der Waals surface area contributed by atoms with Crippen molar-refractivity contribution in [3.63, 3.8) is 0 Å². The Morgan fingerprint density at radius 1 is 0.625 bits per heavy atom. The molecular formula is C6H3GaO9. The van der Waals surface area contributed by atoms with Gasteiger partial charge in [-0.1, -0.05) is 0 Å². The first-order chi connectivity index (χ1) is 6.81. The number of carboxylic acids is 3. The average molecular weight is 289 g/mol. The molecule has 0 atom stereocenters. The van der Waals surface area contributed by atoms with Crippen LogP contribution in [0, 0.1) is 0 Å². The van der Waals surface area contributed by atoms with Gasteiger partial charge in [-0.2, -0.15) is 0 Å². The summed E-state index contributed by atoms with van der Waals surface area (Å²) in [6, 6.07) is 0. The fourth-order valence-electron chi connectivity index (χ4n) is 0. The first-order valence-electron chi connectivity index (χ1n) is 2.80. The Morgan fingerprint density at radius 2 is 0.688 bits per heavy atom. The zero-order valence-electron chi connectivity index (χ0n) is 7.48. The van der Waals surface area contributed by atoms with Gasteiger partial charge < -0.3 is 29.7 Å². The van der Waals surface area contributed by atoms with Crippen molar-refractivity contribution in [2.45, 2.75) is 0 Å². The van der Waals surface area contributed by atoms with Gasteiger partial charge in [0, 0.05) is 0 Å². The van der Waals surface area contributed by atoms with Crippen molar-refractivity contribution >= 4 is 56.6 Å². The summed E-state index contributed by atoms with van der Waals surface area (Å²) in [5.74, 6) is -5.03. The van der Waals surface area contributed by atoms with Crippen LogP contribution in [0.2, 0.25) is 0 Å². The number of aliphatic carboxylic acids is 3. The number of rotatable bonds is 3. The van der Waals surface area contributed by atoms with Crippen molar-refractivity contribution < 1.29 is 44.1 Å². The monoisotopic (exact) mass is 288 g/mol. The predicted molar refractivity (Wildman–Crippen MR) is 39.0 cm³/mol. The topological polar surface area (TPSA) is 172 Å². The van der Waals surface area contributed by atoms with Gasteiger partial charge in [-0.25, -0.2) is 0 Å². The maximum atomic E-state index is 8.89. The van der Waals surface area contributed by atoms with Gasteiger partial charge in [0.2, 0.25) is 0 Å². The summed E-state index contributed by atoms with van der Waals surface area (Å²) in [7, 11) is 0. The molecule has 0 unspecified atom stereocenters. The largest absolute Gasteiger partial charge is 3.00 e. The average Bonchev–Trinajstić information content (AvgIpc) is 2.19. The minimum atomic E-state index is -1.68. The number of hydrogen-bond acceptors (Lipinski definition) is 9. The van der Waals surface area contributed by atoms with E-state index in [0.29, 0.717) is 0 Å². The normalized spacial score (nSPS) is 6.00. The molecule has 0 heterocycles. The van der Waals surface area contributed by atoms with Crippen molar-refractivity contribution in [1.82, 2.24) is 0 Å². The molecule has 0 spiro atoms. The van der Waals surface area contributed by atoms with Gasteiger partial charge in [0.15, 0.2) is 18.9 Å². The summed E-state index contributed by atoms with van der Waals surface area (Å²) < 4.78 is 0. The summed E-state index contributed by atoms with van der Waals surface area (Å²) in [5.41, 5.74) is 0. The Labute approximate surface area is 101 Å². The van der Waals surface area contributed by atoms with E-state index < -0.39 is 17.9 Å². The molecule has 0 aromatic heterocycles. The van der Waals surface area contributed by atoms with Crippen LogP contribution in [0.25, 0.3) is 0 Å². The Balaban J connectivity index is -0.0000000655. The third kappa shape index (κ3) is 89.6. The Bertz CT molecular complexity index is 216. The molecular weight excluding hydrogens is 286 g/mol. The predicted octanol–water partition coefficient (Wildman–Crippen LogP) is -6.58. The standard InChI is InChI=1S/3C2H2O3.Ga/c3*3-1-2(4)5;/h3*1H,(H,4,5);/q;;;+3/p-3. The van der Waals surface area contributed by atoms with E-state index in [2.05, 4.69) is 0 Å². The first kappa shape index (κ1) is 23.7. The van der Waals surface area contributed by atoms with Crippen LogP contribution < -0.4 is 15.3 Å². The molecule has 84 valence electrons. The molecule has 0 fully saturated rings. The molecule has 0 amide bonds. The molecule has 16 heavy (non-hydrogen) atoms. The minimum absolute atomic E-state index is 0. The van der Waals surface area contributed by atoms with Crippen molar-refractivity contribution in [3.05, 3.63) is 0 Å². The van der Waals surface area contributed by atoms with E-state index in [1.807, 2.05) is 0 Å². The summed E-state index contributed by atoms with van der Waals surface area (Å²) in [6.07, 6.45) is -0.833. The SMILES string of the molecule is O=CC(=O)[O-].O=CC(=O)[O-].O=CC(=O)[O-].[Ga+3]. The molecule has 0 rings (SSSR count). The molecule has 0 N–H and O–H groups in total. The molecule has 10 heteroatoms. The molecule has 0 saturated carbocycles. The summed E-state index contributed by atoms with van der Waals surface area (Å²) in [5, 5.41) is 26.7. The van der Waals surface area contributed by atoms with Crippen LogP contribution in [0.4, 0.5) is 0 Å². The molecule has 0 radical (unpaired) electrons. The van der Waals surface area contributed by atoms with Gasteiger partial charge in [0.05, 0.1) is 0 Å². The second-order valence-corrected chi connectivity index (χ2v) is 1.31. The van der Waals surface area contributed by atoms with E-state index in [1.165, 1.54) is 0 Å². The zero-order valence-corrected chi connectivity index (χ0v) is 9.91. The Morgan fingerprint density at radius 3 is 0.688 bits per heavy atom. The van der Waals surface area contributed by atoms with E-state index in [9.17, 15) is 0 Å². The third-order valence-corrected chi connectivity index (χ3v) is 0.289. The van der Waals surface area contributed by atoms with E-state index in [4.69, 9.17) is 44.1 Å². The van der Waals surface area contributed by atoms with Gasteiger partial charge >= 0.3 is 19.8 Å². The minimum Gasteiger partial charge on any atom is -0.542 e. The van der Waals surface area contributed by atoms with E-state index in [1.54, 1.807) is 0 Å². The van der Waals surface area contributed by atoms with E-state index in [0.717, 1.165) is 0 Å². The van der Waals surface area contributed by atoms with Crippen LogP contribution in [-0.2, 0) is 28.8 Å². The molecule has 0 bridgehead atoms. The molecule has 9 nitrogen and oxygen atoms in total. The van der Waals surface area contributed by atoms with Crippen molar-refractivity contribution in [2.75, 3.05) is 0 Å². The third-order valence-electron chi connectivity index (χ3n) is 0.289. The van der Waals surface area contributed by atoms with Crippen LogP contribution >= 0.6 is 0 Å². The molecule has 0 aliphatic rings. The van der Waals surface area contributed by atoms with Crippen LogP contribution in [0.15, 0.2) is 0 Å². The second kappa shape index (κ2) is 18.8. The van der Waals surface area contributed by atoms with E-state index in [-0.39, 0.29) is 38.6 Å². The van der Waals surface area contributed by atoms with Crippen molar-refractivity contribution in [2.24, 2.45) is 0 Å². The maximum Gasteiger partial charge on any atom is 3.00 e. The van der Waals surface area contributed by atoms with Crippen molar-refractivity contribution in [3.8, 4) is 0 Å². The fraction of sp³-hybridized carbons (Fsp3) is 0. The number of carbonyl (C=O) groups is 6. The molecule has 0 aromatic rings. The van der Waals surface area contributed by atoms with Gasteiger partial charge in [-0.05, 0) is 0 Å². The fourth-order valence-corrected chi connectivity index (χ4v) is 0. The smallest absolute Gasteiger partial charge is 0.542 e. The van der Waals surface area contributed by atoms with Gasteiger partial charge in [-0.15, -0.1) is 0 Å². The number of aldehydes is 3. The first-order valence-corrected chi connectivity index (χ1v) is 2.80. The van der Waals surface area contributed by atoms with Crippen molar-refractivity contribution in [1.29, 1.82) is 0 Å². The summed E-state index contributed by atoms with van der Waals surface area (Å²) in [6.45, 7) is 0. The molecule has 0 aromatic carbocycles. The van der Waals surface area contributed by atoms with Crippen LogP contribution in [0.3, 0.4) is 0 Å². The van der Waals surface area contributed by atoms with Gasteiger partial charge in [0.1, 0.15) is 17.9 Å². The van der Waals surface area contributed by atoms with Crippen LogP contribution in [0.5, 0.6) is 0 Å². The Kier molecular flexibility index (Phi) is 27.8. The van der Waals surface area contributed by atoms with E-state index >= 15 is 0 Å². The molecule has 0 aliphatic carbocycles. The summed E-state index contributed by atoms with van der Waals surface area (Å²) >= 11 is 0. The van der Waals surface area contributed by atoms with Crippen LogP contribution in [-0.4, -0.2) is 56.6 Å². The zero-order chi connectivity index (χ0) is 12.9. The van der Waals surface area contributed by atoms with Gasteiger partial charge in [0.25, 0.3) is 0 Å². The Hall–Kier alpha value is -1.94. The number of carbonyl (C=O) groups excluding carboxylic acids is 6. The molecule has 0 saturated heterocycles.